The second-order valence-electron chi connectivity index (χ2n) is 8.49. The van der Waals surface area contributed by atoms with Crippen molar-refractivity contribution in [3.05, 3.63) is 71.9 Å². The van der Waals surface area contributed by atoms with E-state index in [1.165, 1.54) is 19.3 Å². The molecular formula is C27H31N3O6. The van der Waals surface area contributed by atoms with Crippen molar-refractivity contribution >= 4 is 28.7 Å². The number of ether oxygens (including phenoxy) is 1. The molecule has 2 heterocycles. The van der Waals surface area contributed by atoms with Gasteiger partial charge in [0.05, 0.1) is 18.7 Å². The number of hydrogen-bond acceptors (Lipinski definition) is 6. The van der Waals surface area contributed by atoms with Gasteiger partial charge >= 0.3 is 11.9 Å². The summed E-state index contributed by atoms with van der Waals surface area (Å²) in [6.07, 6.45) is 4.72. The first kappa shape index (κ1) is 26.6. The van der Waals surface area contributed by atoms with Crippen molar-refractivity contribution in [2.45, 2.75) is 31.7 Å². The Morgan fingerprint density at radius 3 is 2.25 bits per heavy atom. The smallest absolute Gasteiger partial charge is 0.414 e. The topological polar surface area (TPSA) is 129 Å². The summed E-state index contributed by atoms with van der Waals surface area (Å²) in [5, 5.41) is 19.0. The third-order valence-corrected chi connectivity index (χ3v) is 6.02. The minimum absolute atomic E-state index is 0.0707. The van der Waals surface area contributed by atoms with Gasteiger partial charge in [-0.1, -0.05) is 42.8 Å². The summed E-state index contributed by atoms with van der Waals surface area (Å²) in [5.74, 6) is -2.97. The second kappa shape index (κ2) is 13.2. The van der Waals surface area contributed by atoms with E-state index in [0.717, 1.165) is 48.3 Å². The van der Waals surface area contributed by atoms with Gasteiger partial charge in [-0.3, -0.25) is 4.79 Å². The number of hydrogen-bond donors (Lipinski definition) is 3. The fourth-order valence-electron chi connectivity index (χ4n) is 4.08. The van der Waals surface area contributed by atoms with Crippen molar-refractivity contribution in [3.63, 3.8) is 0 Å². The van der Waals surface area contributed by atoms with E-state index < -0.39 is 11.9 Å². The van der Waals surface area contributed by atoms with Crippen LogP contribution in [-0.2, 0) is 9.59 Å². The van der Waals surface area contributed by atoms with E-state index in [-0.39, 0.29) is 11.9 Å². The van der Waals surface area contributed by atoms with E-state index >= 15 is 0 Å². The maximum Gasteiger partial charge on any atom is 0.414 e. The summed E-state index contributed by atoms with van der Waals surface area (Å²) in [5.41, 5.74) is 2.37. The zero-order chi connectivity index (χ0) is 25.9. The van der Waals surface area contributed by atoms with Crippen LogP contribution >= 0.6 is 0 Å². The van der Waals surface area contributed by atoms with Gasteiger partial charge in [0.25, 0.3) is 5.91 Å². The molecule has 2 aromatic carbocycles. The molecule has 0 spiro atoms. The predicted octanol–water partition coefficient (Wildman–Crippen LogP) is 3.75. The van der Waals surface area contributed by atoms with Crippen molar-refractivity contribution in [1.82, 2.24) is 15.2 Å². The lowest BCUT2D eigenvalue weighted by molar-refractivity contribution is -0.159. The molecule has 1 aliphatic heterocycles. The van der Waals surface area contributed by atoms with Crippen LogP contribution in [0.5, 0.6) is 5.75 Å². The Morgan fingerprint density at radius 2 is 1.61 bits per heavy atom. The lowest BCUT2D eigenvalue weighted by atomic mass is 10.0. The molecule has 0 saturated carbocycles. The van der Waals surface area contributed by atoms with Crippen LogP contribution < -0.4 is 10.1 Å². The molecule has 1 saturated heterocycles. The molecule has 0 aliphatic carbocycles. The van der Waals surface area contributed by atoms with Crippen LogP contribution in [0.2, 0.25) is 0 Å². The number of likely N-dealkylation sites (tertiary alicyclic amines) is 1. The largest absolute Gasteiger partial charge is 0.497 e. The van der Waals surface area contributed by atoms with Gasteiger partial charge in [-0.2, -0.15) is 0 Å². The molecule has 1 fully saturated rings. The van der Waals surface area contributed by atoms with Gasteiger partial charge in [0.15, 0.2) is 0 Å². The number of fused-ring (bicyclic) bond motifs is 1. The molecule has 0 bridgehead atoms. The van der Waals surface area contributed by atoms with E-state index in [4.69, 9.17) is 24.5 Å². The van der Waals surface area contributed by atoms with Crippen LogP contribution in [0.3, 0.4) is 0 Å². The minimum Gasteiger partial charge on any atom is -0.497 e. The summed E-state index contributed by atoms with van der Waals surface area (Å²) in [6.45, 7) is 3.27. The Bertz CT molecular complexity index is 1160. The number of para-hydroxylation sites is 1. The van der Waals surface area contributed by atoms with Crippen LogP contribution in [-0.4, -0.2) is 64.7 Å². The maximum atomic E-state index is 13.0. The van der Waals surface area contributed by atoms with E-state index in [1.54, 1.807) is 13.2 Å². The lowest BCUT2D eigenvalue weighted by Crippen LogP contribution is -2.35. The molecule has 1 atom stereocenters. The second-order valence-corrected chi connectivity index (χ2v) is 8.49. The Labute approximate surface area is 209 Å². The Kier molecular flexibility index (Phi) is 9.76. The summed E-state index contributed by atoms with van der Waals surface area (Å²) >= 11 is 0. The van der Waals surface area contributed by atoms with Gasteiger partial charge in [0.1, 0.15) is 11.4 Å². The molecule has 4 rings (SSSR count). The third kappa shape index (κ3) is 7.78. The maximum absolute atomic E-state index is 13.0. The first-order valence-corrected chi connectivity index (χ1v) is 11.9. The molecule has 9 nitrogen and oxygen atoms in total. The molecule has 36 heavy (non-hydrogen) atoms. The average Bonchev–Trinajstić information content (AvgIpc) is 2.91. The molecular weight excluding hydrogens is 462 g/mol. The van der Waals surface area contributed by atoms with Crippen molar-refractivity contribution in [2.75, 3.05) is 26.7 Å². The number of aliphatic carboxylic acids is 2. The minimum atomic E-state index is -1.82. The standard InChI is InChI=1S/C25H29N3O2.C2H2O4/c1-30-21-12-9-20(10-13-21)23(15-18-28-16-5-2-6-17-28)27-25(29)24-14-11-19-7-3-4-8-22(19)26-24;3-1(4)2(5)6/h3-4,7-14,23H,2,5-6,15-18H2,1H3,(H,27,29);(H,3,4)(H,5,6). The number of amides is 1. The molecule has 1 unspecified atom stereocenters. The molecule has 1 aromatic heterocycles. The van der Waals surface area contributed by atoms with Gasteiger partial charge in [0, 0.05) is 11.9 Å². The van der Waals surface area contributed by atoms with Crippen molar-refractivity contribution in [2.24, 2.45) is 0 Å². The molecule has 1 amide bonds. The average molecular weight is 494 g/mol. The third-order valence-electron chi connectivity index (χ3n) is 6.02. The van der Waals surface area contributed by atoms with Crippen LogP contribution in [0, 0.1) is 0 Å². The Hall–Kier alpha value is -3.98. The molecule has 1 aliphatic rings. The highest BCUT2D eigenvalue weighted by Gasteiger charge is 2.19. The van der Waals surface area contributed by atoms with E-state index in [0.29, 0.717) is 5.69 Å². The van der Waals surface area contributed by atoms with Gasteiger partial charge in [0.2, 0.25) is 0 Å². The molecule has 9 heteroatoms. The number of carboxylic acids is 2. The normalized spacial score (nSPS) is 14.2. The van der Waals surface area contributed by atoms with Crippen LogP contribution in [0.4, 0.5) is 0 Å². The summed E-state index contributed by atoms with van der Waals surface area (Å²) in [7, 11) is 1.66. The SMILES string of the molecule is COc1ccc(C(CCN2CCCCC2)NC(=O)c2ccc3ccccc3n2)cc1.O=C(O)C(=O)O. The first-order valence-electron chi connectivity index (χ1n) is 11.9. The quantitative estimate of drug-likeness (QED) is 0.425. The van der Waals surface area contributed by atoms with Crippen molar-refractivity contribution < 1.29 is 29.3 Å². The zero-order valence-electron chi connectivity index (χ0n) is 20.2. The number of aromatic nitrogens is 1. The van der Waals surface area contributed by atoms with Crippen LogP contribution in [0.25, 0.3) is 10.9 Å². The molecule has 3 aromatic rings. The summed E-state index contributed by atoms with van der Waals surface area (Å²) in [6, 6.07) is 19.5. The highest BCUT2D eigenvalue weighted by atomic mass is 16.5. The number of carboxylic acid groups (broad SMARTS) is 2. The summed E-state index contributed by atoms with van der Waals surface area (Å²) in [4.78, 5) is 38.3. The Morgan fingerprint density at radius 1 is 0.944 bits per heavy atom. The number of carbonyl (C=O) groups is 3. The number of rotatable bonds is 7. The molecule has 3 N–H and O–H groups in total. The van der Waals surface area contributed by atoms with Crippen LogP contribution in [0.15, 0.2) is 60.7 Å². The number of nitrogens with one attached hydrogen (secondary N) is 1. The highest BCUT2D eigenvalue weighted by Crippen LogP contribution is 2.22. The van der Waals surface area contributed by atoms with Gasteiger partial charge in [-0.25, -0.2) is 14.6 Å². The molecule has 190 valence electrons. The number of carbonyl (C=O) groups excluding carboxylic acids is 1. The number of methoxy groups -OCH3 is 1. The van der Waals surface area contributed by atoms with Crippen molar-refractivity contribution in [1.29, 1.82) is 0 Å². The number of nitrogens with zero attached hydrogens (tertiary/aromatic N) is 2. The van der Waals surface area contributed by atoms with E-state index in [1.807, 2.05) is 54.6 Å². The number of piperidine rings is 1. The number of benzene rings is 2. The summed E-state index contributed by atoms with van der Waals surface area (Å²) < 4.78 is 5.29. The monoisotopic (exact) mass is 493 g/mol. The highest BCUT2D eigenvalue weighted by molar-refractivity contribution is 6.27. The zero-order valence-corrected chi connectivity index (χ0v) is 20.2. The van der Waals surface area contributed by atoms with Gasteiger partial charge in [-0.15, -0.1) is 0 Å². The first-order chi connectivity index (χ1) is 17.4. The predicted molar refractivity (Wildman–Crippen MR) is 135 cm³/mol. The van der Waals surface area contributed by atoms with Gasteiger partial charge < -0.3 is 25.2 Å². The van der Waals surface area contributed by atoms with E-state index in [2.05, 4.69) is 15.2 Å². The Balaban J connectivity index is 0.000000538. The van der Waals surface area contributed by atoms with Gasteiger partial charge in [-0.05, 0) is 62.2 Å². The fraction of sp³-hybridized carbons (Fsp3) is 0.333. The lowest BCUT2D eigenvalue weighted by Gasteiger charge is -2.28. The molecule has 0 radical (unpaired) electrons. The van der Waals surface area contributed by atoms with Crippen molar-refractivity contribution in [3.8, 4) is 5.75 Å². The van der Waals surface area contributed by atoms with E-state index in [9.17, 15) is 4.79 Å². The fourth-order valence-corrected chi connectivity index (χ4v) is 4.08. The number of pyridine rings is 1. The van der Waals surface area contributed by atoms with Crippen LogP contribution in [0.1, 0.15) is 47.8 Å².